The number of carbonyl (C=O) groups is 7. The Morgan fingerprint density at radius 2 is 1.30 bits per heavy atom. The van der Waals surface area contributed by atoms with Crippen LogP contribution in [0.25, 0.3) is 0 Å². The van der Waals surface area contributed by atoms with Gasteiger partial charge in [-0.15, -0.1) is 0 Å². The monoisotopic (exact) mass is 797 g/mol. The van der Waals surface area contributed by atoms with E-state index in [2.05, 4.69) is 5.32 Å². The Labute approximate surface area is 334 Å². The quantitative estimate of drug-likeness (QED) is 0.107. The maximum Gasteiger partial charge on any atom is 0.328 e. The number of allylic oxidation sites excluding steroid dienone is 2. The minimum absolute atomic E-state index is 0.0998. The van der Waals surface area contributed by atoms with Crippen LogP contribution in [-0.4, -0.2) is 149 Å². The highest BCUT2D eigenvalue weighted by Gasteiger charge is 2.46. The zero-order valence-corrected chi connectivity index (χ0v) is 36.7. The fraction of sp³-hybridized carbons (Fsp3) is 0.775. The molecule has 0 radical (unpaired) electrons. The zero-order chi connectivity index (χ0) is 44.0. The molecule has 0 saturated carbocycles. The molecule has 56 heavy (non-hydrogen) atoms. The van der Waals surface area contributed by atoms with E-state index in [4.69, 9.17) is 15.2 Å². The minimum Gasteiger partial charge on any atom is -0.467 e. The SMILES string of the molecule is CC=CC[C@@H](C)[C@@H](OC(C)=O)[C@@H](C(=O)N[C@@H](CC)C(=O)OC)N(C)C(=O)[C@H](C(C)C)N(C)C(=O)[C@H](CC(C)C)N(C)C(=O)[C@H](CC(C)(C)O)N(C)C(=O)[C@@H](C)N. The third kappa shape index (κ3) is 15.1. The molecule has 0 spiro atoms. The summed E-state index contributed by atoms with van der Waals surface area (Å²) in [4.78, 5) is 101. The van der Waals surface area contributed by atoms with Crippen LogP contribution in [0.3, 0.4) is 0 Å². The molecule has 0 aromatic rings. The normalized spacial score (nSPS) is 16.1. The molecule has 16 nitrogen and oxygen atoms in total. The summed E-state index contributed by atoms with van der Waals surface area (Å²) in [6, 6.07) is -6.87. The first-order valence-electron chi connectivity index (χ1n) is 19.4. The van der Waals surface area contributed by atoms with E-state index in [0.29, 0.717) is 6.42 Å². The lowest BCUT2D eigenvalue weighted by atomic mass is 9.91. The van der Waals surface area contributed by atoms with Gasteiger partial charge in [0.15, 0.2) is 0 Å². The molecule has 0 heterocycles. The lowest BCUT2D eigenvalue weighted by Gasteiger charge is -2.42. The standard InChI is InChI=1S/C40H72N6O10/c1-17-19-20-25(7)33(56-27(9)47)32(34(48)42-28(18-2)39(53)55-16)46(15)38(52)31(24(5)6)45(14)36(50)29(21-23(3)4)43(12)37(51)30(22-40(10,11)54)44(13)35(49)26(8)41/h17,19,23-26,28-33,54H,18,20-22,41H2,1-16H3,(H,42,48)/t25-,26-,28+,29+,30+,31+,32+,33-/m1/s1. The molecule has 0 aliphatic heterocycles. The van der Waals surface area contributed by atoms with Crippen molar-refractivity contribution in [2.45, 2.75) is 150 Å². The Bertz CT molecular complexity index is 1380. The van der Waals surface area contributed by atoms with Crippen molar-refractivity contribution in [3.05, 3.63) is 12.2 Å². The van der Waals surface area contributed by atoms with Crippen LogP contribution in [0.4, 0.5) is 0 Å². The highest BCUT2D eigenvalue weighted by Crippen LogP contribution is 2.26. The number of carbonyl (C=O) groups excluding carboxylic acids is 7. The van der Waals surface area contributed by atoms with Crippen LogP contribution in [-0.2, 0) is 43.0 Å². The molecule has 16 heteroatoms. The first kappa shape index (κ1) is 52.0. The number of rotatable bonds is 22. The van der Waals surface area contributed by atoms with Gasteiger partial charge in [0.1, 0.15) is 36.3 Å². The molecule has 4 N–H and O–H groups in total. The van der Waals surface area contributed by atoms with E-state index < -0.39 is 101 Å². The van der Waals surface area contributed by atoms with Crippen LogP contribution >= 0.6 is 0 Å². The van der Waals surface area contributed by atoms with Gasteiger partial charge in [0.2, 0.25) is 29.5 Å². The smallest absolute Gasteiger partial charge is 0.328 e. The highest BCUT2D eigenvalue weighted by atomic mass is 16.5. The van der Waals surface area contributed by atoms with E-state index >= 15 is 0 Å². The first-order chi connectivity index (χ1) is 25.7. The van der Waals surface area contributed by atoms with Gasteiger partial charge in [-0.05, 0) is 64.7 Å². The number of nitrogens with two attached hydrogens (primary N) is 1. The van der Waals surface area contributed by atoms with E-state index in [0.717, 1.165) is 4.90 Å². The van der Waals surface area contributed by atoms with Gasteiger partial charge in [0.05, 0.1) is 18.8 Å². The fourth-order valence-electron chi connectivity index (χ4n) is 6.65. The van der Waals surface area contributed by atoms with Crippen molar-refractivity contribution in [3.8, 4) is 0 Å². The zero-order valence-electron chi connectivity index (χ0n) is 36.7. The molecule has 0 aromatic carbocycles. The number of likely N-dealkylation sites (N-methyl/N-ethyl adjacent to an activating group) is 4. The largest absolute Gasteiger partial charge is 0.467 e. The number of esters is 2. The number of methoxy groups -OCH3 is 1. The summed E-state index contributed by atoms with van der Waals surface area (Å²) in [6.45, 7) is 18.2. The number of nitrogens with zero attached hydrogens (tertiary/aromatic N) is 4. The van der Waals surface area contributed by atoms with Crippen LogP contribution in [0.5, 0.6) is 0 Å². The molecule has 0 aliphatic rings. The van der Waals surface area contributed by atoms with E-state index in [1.54, 1.807) is 27.7 Å². The van der Waals surface area contributed by atoms with Gasteiger partial charge in [0.25, 0.3) is 0 Å². The second-order valence-corrected chi connectivity index (χ2v) is 16.2. The number of aliphatic hydroxyl groups is 1. The van der Waals surface area contributed by atoms with Gasteiger partial charge in [-0.25, -0.2) is 4.79 Å². The highest BCUT2D eigenvalue weighted by molar-refractivity contribution is 5.96. The lowest BCUT2D eigenvalue weighted by molar-refractivity contribution is -0.164. The van der Waals surface area contributed by atoms with Crippen LogP contribution in [0.1, 0.15) is 102 Å². The van der Waals surface area contributed by atoms with Crippen LogP contribution in [0, 0.1) is 17.8 Å². The Hall–Kier alpha value is -4.05. The van der Waals surface area contributed by atoms with Crippen molar-refractivity contribution >= 4 is 41.5 Å². The molecule has 8 atom stereocenters. The van der Waals surface area contributed by atoms with Crippen molar-refractivity contribution < 1.29 is 48.1 Å². The minimum atomic E-state index is -1.44. The molecule has 0 fully saturated rings. The van der Waals surface area contributed by atoms with Gasteiger partial charge in [-0.1, -0.05) is 53.7 Å². The number of amides is 5. The first-order valence-corrected chi connectivity index (χ1v) is 19.4. The van der Waals surface area contributed by atoms with Crippen molar-refractivity contribution in [3.63, 3.8) is 0 Å². The lowest BCUT2D eigenvalue weighted by Crippen LogP contribution is -2.63. The Kier molecular flexibility index (Phi) is 21.6. The number of hydrogen-bond acceptors (Lipinski definition) is 11. The van der Waals surface area contributed by atoms with Gasteiger partial charge in [-0.3, -0.25) is 28.8 Å². The molecule has 0 aliphatic carbocycles. The Balaban J connectivity index is 7.28. The molecular weight excluding hydrogens is 724 g/mol. The summed E-state index contributed by atoms with van der Waals surface area (Å²) in [5.74, 6) is -5.61. The topological polar surface area (TPSA) is 209 Å². The predicted molar refractivity (Wildman–Crippen MR) is 213 cm³/mol. The average molecular weight is 797 g/mol. The summed E-state index contributed by atoms with van der Waals surface area (Å²) in [6.07, 6.45) is 3.09. The van der Waals surface area contributed by atoms with Crippen molar-refractivity contribution in [2.24, 2.45) is 23.5 Å². The molecule has 0 unspecified atom stereocenters. The number of nitrogens with one attached hydrogen (secondary N) is 1. The van der Waals surface area contributed by atoms with Crippen LogP contribution in [0.15, 0.2) is 12.2 Å². The van der Waals surface area contributed by atoms with Crippen molar-refractivity contribution in [2.75, 3.05) is 35.3 Å². The summed E-state index contributed by atoms with van der Waals surface area (Å²) < 4.78 is 10.6. The van der Waals surface area contributed by atoms with E-state index in [-0.39, 0.29) is 25.2 Å². The van der Waals surface area contributed by atoms with Crippen LogP contribution in [0.2, 0.25) is 0 Å². The van der Waals surface area contributed by atoms with E-state index in [1.165, 1.54) is 77.7 Å². The van der Waals surface area contributed by atoms with Gasteiger partial charge in [0, 0.05) is 41.5 Å². The van der Waals surface area contributed by atoms with Crippen molar-refractivity contribution in [1.82, 2.24) is 24.9 Å². The maximum atomic E-state index is 14.7. The number of hydrogen-bond donors (Lipinski definition) is 3. The second-order valence-electron chi connectivity index (χ2n) is 16.2. The van der Waals surface area contributed by atoms with Gasteiger partial charge < -0.3 is 45.2 Å². The van der Waals surface area contributed by atoms with E-state index in [9.17, 15) is 38.7 Å². The average Bonchev–Trinajstić information content (AvgIpc) is 3.10. The molecule has 322 valence electrons. The van der Waals surface area contributed by atoms with Crippen molar-refractivity contribution in [1.29, 1.82) is 0 Å². The second kappa shape index (κ2) is 23.2. The molecule has 5 amide bonds. The maximum absolute atomic E-state index is 14.7. The summed E-state index contributed by atoms with van der Waals surface area (Å²) in [7, 11) is 6.89. The summed E-state index contributed by atoms with van der Waals surface area (Å²) >= 11 is 0. The molecule has 0 rings (SSSR count). The summed E-state index contributed by atoms with van der Waals surface area (Å²) in [5, 5.41) is 13.4. The fourth-order valence-corrected chi connectivity index (χ4v) is 6.65. The van der Waals surface area contributed by atoms with Crippen LogP contribution < -0.4 is 11.1 Å². The van der Waals surface area contributed by atoms with Gasteiger partial charge >= 0.3 is 11.9 Å². The Morgan fingerprint density at radius 1 is 0.804 bits per heavy atom. The third-order valence-corrected chi connectivity index (χ3v) is 9.79. The predicted octanol–water partition coefficient (Wildman–Crippen LogP) is 2.11. The van der Waals surface area contributed by atoms with E-state index in [1.807, 2.05) is 32.9 Å². The molecular formula is C40H72N6O10. The molecule has 0 aromatic heterocycles. The Morgan fingerprint density at radius 3 is 1.71 bits per heavy atom. The third-order valence-electron chi connectivity index (χ3n) is 9.79. The molecule has 0 bridgehead atoms. The molecule has 0 saturated heterocycles. The van der Waals surface area contributed by atoms with Gasteiger partial charge in [-0.2, -0.15) is 0 Å². The number of ether oxygens (including phenoxy) is 2. The summed E-state index contributed by atoms with van der Waals surface area (Å²) in [5.41, 5.74) is 4.50.